The number of aromatic nitrogens is 1. The van der Waals surface area contributed by atoms with Crippen molar-refractivity contribution in [1.82, 2.24) is 4.98 Å². The van der Waals surface area contributed by atoms with Crippen molar-refractivity contribution in [1.29, 1.82) is 0 Å². The maximum atomic E-state index is 10.9. The van der Waals surface area contributed by atoms with Crippen LogP contribution in [0.25, 0.3) is 0 Å². The van der Waals surface area contributed by atoms with Gasteiger partial charge in [0.25, 0.3) is 0 Å². The van der Waals surface area contributed by atoms with E-state index in [1.54, 1.807) is 6.07 Å². The standard InChI is InChI=1S/C11H5BrCl2N2O3/c12-6-3-8(14)11(15-5-6)19-10-2-1-7(13)4-9(10)16(17)18/h1-5H. The third-order valence-electron chi connectivity index (χ3n) is 2.10. The number of hydrogen-bond acceptors (Lipinski definition) is 4. The molecule has 0 bridgehead atoms. The maximum absolute atomic E-state index is 10.9. The lowest BCUT2D eigenvalue weighted by Gasteiger charge is -2.07. The molecule has 1 aromatic heterocycles. The van der Waals surface area contributed by atoms with E-state index in [-0.39, 0.29) is 27.4 Å². The average Bonchev–Trinajstić information content (AvgIpc) is 2.34. The Hall–Kier alpha value is -1.37. The number of nitro benzene ring substituents is 1. The fourth-order valence-corrected chi connectivity index (χ4v) is 2.14. The van der Waals surface area contributed by atoms with Gasteiger partial charge in [0.1, 0.15) is 5.02 Å². The molecule has 0 spiro atoms. The predicted molar refractivity (Wildman–Crippen MR) is 75.1 cm³/mol. The Morgan fingerprint density at radius 2 is 2.05 bits per heavy atom. The van der Waals surface area contributed by atoms with Crippen molar-refractivity contribution in [3.63, 3.8) is 0 Å². The number of benzene rings is 1. The average molecular weight is 364 g/mol. The van der Waals surface area contributed by atoms with E-state index in [0.29, 0.717) is 4.47 Å². The van der Waals surface area contributed by atoms with Gasteiger partial charge >= 0.3 is 5.69 Å². The molecular weight excluding hydrogens is 359 g/mol. The van der Waals surface area contributed by atoms with E-state index in [0.717, 1.165) is 0 Å². The Bertz CT molecular complexity index is 652. The summed E-state index contributed by atoms with van der Waals surface area (Å²) in [6.07, 6.45) is 1.48. The molecule has 0 unspecified atom stereocenters. The van der Waals surface area contributed by atoms with Crippen LogP contribution in [0.3, 0.4) is 0 Å². The lowest BCUT2D eigenvalue weighted by Crippen LogP contribution is -1.95. The third-order valence-corrected chi connectivity index (χ3v) is 3.04. The van der Waals surface area contributed by atoms with Crippen molar-refractivity contribution >= 4 is 44.8 Å². The van der Waals surface area contributed by atoms with E-state index in [1.807, 2.05) is 0 Å². The van der Waals surface area contributed by atoms with Gasteiger partial charge in [0.2, 0.25) is 11.6 Å². The van der Waals surface area contributed by atoms with Crippen molar-refractivity contribution in [2.75, 3.05) is 0 Å². The van der Waals surface area contributed by atoms with E-state index in [2.05, 4.69) is 20.9 Å². The predicted octanol–water partition coefficient (Wildman–Crippen LogP) is 4.85. The number of rotatable bonds is 3. The summed E-state index contributed by atoms with van der Waals surface area (Å²) in [5, 5.41) is 11.4. The zero-order valence-electron chi connectivity index (χ0n) is 9.14. The fraction of sp³-hybridized carbons (Fsp3) is 0. The molecule has 0 saturated carbocycles. The molecule has 0 fully saturated rings. The molecule has 2 rings (SSSR count). The zero-order chi connectivity index (χ0) is 14.0. The zero-order valence-corrected chi connectivity index (χ0v) is 12.2. The van der Waals surface area contributed by atoms with Crippen molar-refractivity contribution in [2.45, 2.75) is 0 Å². The van der Waals surface area contributed by atoms with Gasteiger partial charge in [0, 0.05) is 21.8 Å². The van der Waals surface area contributed by atoms with Gasteiger partial charge in [-0.25, -0.2) is 4.98 Å². The minimum absolute atomic E-state index is 0.0196. The highest BCUT2D eigenvalue weighted by atomic mass is 79.9. The van der Waals surface area contributed by atoms with Gasteiger partial charge in [0.15, 0.2) is 0 Å². The summed E-state index contributed by atoms with van der Waals surface area (Å²) in [5.74, 6) is 0.0985. The van der Waals surface area contributed by atoms with Crippen molar-refractivity contribution in [3.05, 3.63) is 55.1 Å². The molecule has 8 heteroatoms. The molecule has 0 atom stereocenters. The van der Waals surface area contributed by atoms with E-state index in [4.69, 9.17) is 27.9 Å². The smallest absolute Gasteiger partial charge is 0.313 e. The van der Waals surface area contributed by atoms with Gasteiger partial charge in [-0.3, -0.25) is 10.1 Å². The lowest BCUT2D eigenvalue weighted by molar-refractivity contribution is -0.385. The maximum Gasteiger partial charge on any atom is 0.313 e. The van der Waals surface area contributed by atoms with Crippen LogP contribution in [0.15, 0.2) is 34.9 Å². The molecule has 5 nitrogen and oxygen atoms in total. The Kier molecular flexibility index (Phi) is 4.24. The van der Waals surface area contributed by atoms with Gasteiger partial charge in [-0.2, -0.15) is 0 Å². The Labute approximate surface area is 126 Å². The van der Waals surface area contributed by atoms with Gasteiger partial charge in [-0.15, -0.1) is 0 Å². The lowest BCUT2D eigenvalue weighted by atomic mass is 10.3. The van der Waals surface area contributed by atoms with E-state index in [1.165, 1.54) is 24.4 Å². The van der Waals surface area contributed by atoms with Gasteiger partial charge < -0.3 is 4.74 Å². The molecule has 19 heavy (non-hydrogen) atoms. The number of ether oxygens (including phenoxy) is 1. The molecule has 98 valence electrons. The molecule has 0 aliphatic heterocycles. The van der Waals surface area contributed by atoms with Gasteiger partial charge in [-0.05, 0) is 34.1 Å². The molecule has 0 saturated heterocycles. The second kappa shape index (κ2) is 5.73. The highest BCUT2D eigenvalue weighted by Crippen LogP contribution is 2.35. The summed E-state index contributed by atoms with van der Waals surface area (Å²) in [4.78, 5) is 14.3. The molecule has 0 radical (unpaired) electrons. The quantitative estimate of drug-likeness (QED) is 0.577. The topological polar surface area (TPSA) is 65.3 Å². The van der Waals surface area contributed by atoms with Crippen LogP contribution in [0.1, 0.15) is 0 Å². The van der Waals surface area contributed by atoms with E-state index in [9.17, 15) is 10.1 Å². The van der Waals surface area contributed by atoms with Crippen molar-refractivity contribution < 1.29 is 9.66 Å². The van der Waals surface area contributed by atoms with E-state index < -0.39 is 4.92 Å². The first-order chi connectivity index (χ1) is 8.97. The summed E-state index contributed by atoms with van der Waals surface area (Å²) in [7, 11) is 0. The Morgan fingerprint density at radius 1 is 1.32 bits per heavy atom. The van der Waals surface area contributed by atoms with Crippen LogP contribution in [-0.4, -0.2) is 9.91 Å². The minimum atomic E-state index is -0.589. The SMILES string of the molecule is O=[N+]([O-])c1cc(Cl)ccc1Oc1ncc(Br)cc1Cl. The van der Waals surface area contributed by atoms with Gasteiger partial charge in [0.05, 0.1) is 4.92 Å². The first-order valence-electron chi connectivity index (χ1n) is 4.90. The van der Waals surface area contributed by atoms with Crippen LogP contribution >= 0.6 is 39.1 Å². The van der Waals surface area contributed by atoms with Gasteiger partial charge in [-0.1, -0.05) is 23.2 Å². The van der Waals surface area contributed by atoms with Crippen LogP contribution in [0.5, 0.6) is 11.6 Å². The Balaban J connectivity index is 2.40. The normalized spacial score (nSPS) is 10.3. The number of halogens is 3. The molecule has 0 N–H and O–H groups in total. The van der Waals surface area contributed by atoms with E-state index >= 15 is 0 Å². The van der Waals surface area contributed by atoms with Crippen LogP contribution in [0, 0.1) is 10.1 Å². The van der Waals surface area contributed by atoms with Crippen molar-refractivity contribution in [3.8, 4) is 11.6 Å². The fourth-order valence-electron chi connectivity index (χ4n) is 1.30. The molecule has 0 aliphatic carbocycles. The molecule has 1 heterocycles. The molecule has 1 aromatic carbocycles. The Morgan fingerprint density at radius 3 is 2.68 bits per heavy atom. The monoisotopic (exact) mass is 362 g/mol. The third kappa shape index (κ3) is 3.34. The molecule has 0 amide bonds. The summed E-state index contributed by atoms with van der Waals surface area (Å²) >= 11 is 14.8. The summed E-state index contributed by atoms with van der Waals surface area (Å²) < 4.78 is 6.02. The molecule has 2 aromatic rings. The van der Waals surface area contributed by atoms with Crippen LogP contribution in [0.2, 0.25) is 10.0 Å². The second-order valence-corrected chi connectivity index (χ2v) is 5.17. The summed E-state index contributed by atoms with van der Waals surface area (Å²) in [6, 6.07) is 5.65. The second-order valence-electron chi connectivity index (χ2n) is 3.41. The summed E-state index contributed by atoms with van der Waals surface area (Å²) in [5.41, 5.74) is -0.256. The van der Waals surface area contributed by atoms with Crippen LogP contribution in [-0.2, 0) is 0 Å². The van der Waals surface area contributed by atoms with Crippen LogP contribution in [0.4, 0.5) is 5.69 Å². The number of hydrogen-bond donors (Lipinski definition) is 0. The number of pyridine rings is 1. The largest absolute Gasteiger partial charge is 0.430 e. The first kappa shape index (κ1) is 14.0. The molecular formula is C11H5BrCl2N2O3. The van der Waals surface area contributed by atoms with Crippen molar-refractivity contribution in [2.24, 2.45) is 0 Å². The highest BCUT2D eigenvalue weighted by Gasteiger charge is 2.18. The first-order valence-corrected chi connectivity index (χ1v) is 6.45. The minimum Gasteiger partial charge on any atom is -0.430 e. The number of nitrogens with zero attached hydrogens (tertiary/aromatic N) is 2. The summed E-state index contributed by atoms with van der Waals surface area (Å²) in [6.45, 7) is 0. The highest BCUT2D eigenvalue weighted by molar-refractivity contribution is 9.10. The molecule has 0 aliphatic rings. The van der Waals surface area contributed by atoms with Crippen LogP contribution < -0.4 is 4.74 Å². The number of nitro groups is 1.